The van der Waals surface area contributed by atoms with E-state index in [1.165, 1.54) is 0 Å². The molecule has 0 aliphatic heterocycles. The Labute approximate surface area is 190 Å². The molecule has 0 unspecified atom stereocenters. The Morgan fingerprint density at radius 2 is 1.31 bits per heavy atom. The summed E-state index contributed by atoms with van der Waals surface area (Å²) in [5, 5.41) is 10.5. The van der Waals surface area contributed by atoms with E-state index in [1.54, 1.807) is 6.92 Å². The molecule has 1 N–H and O–H groups in total. The van der Waals surface area contributed by atoms with E-state index in [0.717, 1.165) is 23.1 Å². The van der Waals surface area contributed by atoms with Gasteiger partial charge in [-0.3, -0.25) is 4.79 Å². The molecule has 3 aromatic carbocycles. The zero-order chi connectivity index (χ0) is 22.7. The fourth-order valence-corrected chi connectivity index (χ4v) is 3.47. The molecule has 0 bridgehead atoms. The molecule has 4 nitrogen and oxygen atoms in total. The number of ether oxygens (including phenoxy) is 2. The van der Waals surface area contributed by atoms with Crippen molar-refractivity contribution >= 4 is 5.78 Å². The van der Waals surface area contributed by atoms with E-state index in [0.29, 0.717) is 19.6 Å². The van der Waals surface area contributed by atoms with Crippen LogP contribution < -0.4 is 0 Å². The van der Waals surface area contributed by atoms with E-state index in [-0.39, 0.29) is 18.8 Å². The summed E-state index contributed by atoms with van der Waals surface area (Å²) >= 11 is 0. The van der Waals surface area contributed by atoms with Crippen LogP contribution in [0.25, 0.3) is 0 Å². The largest absolute Gasteiger partial charge is 0.393 e. The highest BCUT2D eigenvalue weighted by Gasteiger charge is 2.35. The Hall–Kier alpha value is -2.79. The molecule has 0 fully saturated rings. The first-order chi connectivity index (χ1) is 15.5. The zero-order valence-corrected chi connectivity index (χ0v) is 18.7. The number of aliphatic hydroxyl groups excluding tert-OH is 1. The molecule has 0 saturated carbocycles. The number of Topliss-reactive ketones (excluding diaryl/α,β-unsaturated/α-hetero) is 1. The van der Waals surface area contributed by atoms with Crippen molar-refractivity contribution in [1.29, 1.82) is 0 Å². The average Bonchev–Trinajstić information content (AvgIpc) is 2.83. The number of ketones is 1. The Morgan fingerprint density at radius 3 is 1.88 bits per heavy atom. The van der Waals surface area contributed by atoms with E-state index >= 15 is 0 Å². The summed E-state index contributed by atoms with van der Waals surface area (Å²) < 4.78 is 12.0. The quantitative estimate of drug-likeness (QED) is 0.407. The Morgan fingerprint density at radius 1 is 0.812 bits per heavy atom. The van der Waals surface area contributed by atoms with Gasteiger partial charge in [-0.05, 0) is 36.5 Å². The van der Waals surface area contributed by atoms with Gasteiger partial charge in [0.05, 0.1) is 25.9 Å². The first-order valence-corrected chi connectivity index (χ1v) is 11.1. The first kappa shape index (κ1) is 23.9. The Bertz CT molecular complexity index is 927. The lowest BCUT2D eigenvalue weighted by atomic mass is 9.94. The number of benzene rings is 3. The number of carbonyl (C=O) groups is 1. The molecular weight excluding hydrogens is 400 g/mol. The molecule has 32 heavy (non-hydrogen) atoms. The molecule has 3 aromatic rings. The Kier molecular flexibility index (Phi) is 9.17. The van der Waals surface area contributed by atoms with E-state index < -0.39 is 11.7 Å². The van der Waals surface area contributed by atoms with Crippen LogP contribution in [0.4, 0.5) is 0 Å². The van der Waals surface area contributed by atoms with Crippen molar-refractivity contribution in [2.45, 2.75) is 51.1 Å². The van der Waals surface area contributed by atoms with Crippen molar-refractivity contribution in [3.05, 3.63) is 108 Å². The van der Waals surface area contributed by atoms with Crippen LogP contribution in [0, 0.1) is 0 Å². The third kappa shape index (κ3) is 7.72. The van der Waals surface area contributed by atoms with Crippen LogP contribution in [0.15, 0.2) is 91.0 Å². The van der Waals surface area contributed by atoms with E-state index in [2.05, 4.69) is 0 Å². The first-order valence-electron chi connectivity index (χ1n) is 11.1. The fourth-order valence-electron chi connectivity index (χ4n) is 3.47. The molecule has 168 valence electrons. The van der Waals surface area contributed by atoms with E-state index in [1.807, 2.05) is 91.0 Å². The van der Waals surface area contributed by atoms with Gasteiger partial charge in [0.15, 0.2) is 5.78 Å². The number of hydrogen-bond donors (Lipinski definition) is 1. The maximum Gasteiger partial charge on any atom is 0.169 e. The highest BCUT2D eigenvalue weighted by molar-refractivity contribution is 5.87. The molecule has 4 heteroatoms. The van der Waals surface area contributed by atoms with Crippen molar-refractivity contribution in [2.75, 3.05) is 6.61 Å². The summed E-state index contributed by atoms with van der Waals surface area (Å²) in [5.74, 6) is -0.151. The van der Waals surface area contributed by atoms with Gasteiger partial charge in [-0.25, -0.2) is 0 Å². The van der Waals surface area contributed by atoms with Gasteiger partial charge in [0.2, 0.25) is 0 Å². The number of aryl methyl sites for hydroxylation is 1. The molecule has 0 spiro atoms. The SMILES string of the molecule is C[C@@](COCc1ccccc1)(OCc1ccccc1)C(=O)C[C@@H](O)CCc1ccccc1. The molecule has 0 heterocycles. The summed E-state index contributed by atoms with van der Waals surface area (Å²) in [4.78, 5) is 13.2. The maximum atomic E-state index is 13.2. The second kappa shape index (κ2) is 12.3. The minimum atomic E-state index is -1.14. The zero-order valence-electron chi connectivity index (χ0n) is 18.7. The van der Waals surface area contributed by atoms with Crippen molar-refractivity contribution in [3.8, 4) is 0 Å². The predicted molar refractivity (Wildman–Crippen MR) is 126 cm³/mol. The van der Waals surface area contributed by atoms with Crippen molar-refractivity contribution in [3.63, 3.8) is 0 Å². The second-order valence-corrected chi connectivity index (χ2v) is 8.29. The minimum Gasteiger partial charge on any atom is -0.393 e. The van der Waals surface area contributed by atoms with E-state index in [4.69, 9.17) is 9.47 Å². The van der Waals surface area contributed by atoms with Gasteiger partial charge in [0.1, 0.15) is 5.60 Å². The number of carbonyl (C=O) groups excluding carboxylic acids is 1. The van der Waals surface area contributed by atoms with Crippen molar-refractivity contribution in [2.24, 2.45) is 0 Å². The molecule has 0 saturated heterocycles. The third-order valence-electron chi connectivity index (χ3n) is 5.51. The molecule has 0 aromatic heterocycles. The van der Waals surface area contributed by atoms with Gasteiger partial charge in [0.25, 0.3) is 0 Å². The van der Waals surface area contributed by atoms with Gasteiger partial charge in [-0.15, -0.1) is 0 Å². The Balaban J connectivity index is 1.59. The monoisotopic (exact) mass is 432 g/mol. The minimum absolute atomic E-state index is 0.0345. The standard InChI is InChI=1S/C28H32O4/c1-28(32-21-25-15-9-4-10-16-25,22-31-20-24-13-7-3-8-14-24)27(30)19-26(29)18-17-23-11-5-2-6-12-23/h2-16,26,29H,17-22H2,1H3/t26-,28-/m0/s1. The summed E-state index contributed by atoms with van der Waals surface area (Å²) in [6, 6.07) is 29.6. The number of rotatable bonds is 13. The van der Waals surface area contributed by atoms with Gasteiger partial charge in [-0.1, -0.05) is 91.0 Å². The lowest BCUT2D eigenvalue weighted by Crippen LogP contribution is -2.44. The second-order valence-electron chi connectivity index (χ2n) is 8.29. The molecule has 0 radical (unpaired) electrons. The van der Waals surface area contributed by atoms with Crippen LogP contribution in [-0.4, -0.2) is 29.2 Å². The molecule has 0 amide bonds. The molecule has 2 atom stereocenters. The average molecular weight is 433 g/mol. The predicted octanol–water partition coefficient (Wildman–Crippen LogP) is 5.13. The lowest BCUT2D eigenvalue weighted by Gasteiger charge is -2.29. The van der Waals surface area contributed by atoms with Crippen molar-refractivity contribution in [1.82, 2.24) is 0 Å². The third-order valence-corrected chi connectivity index (χ3v) is 5.51. The van der Waals surface area contributed by atoms with Gasteiger partial charge >= 0.3 is 0 Å². The maximum absolute atomic E-state index is 13.2. The number of aliphatic hydroxyl groups is 1. The van der Waals surface area contributed by atoms with E-state index in [9.17, 15) is 9.90 Å². The fraction of sp³-hybridized carbons (Fsp3) is 0.321. The van der Waals surface area contributed by atoms with Crippen LogP contribution in [-0.2, 0) is 33.9 Å². The van der Waals surface area contributed by atoms with Gasteiger partial charge in [0, 0.05) is 6.42 Å². The van der Waals surface area contributed by atoms with Crippen LogP contribution in [0.2, 0.25) is 0 Å². The molecular formula is C28H32O4. The van der Waals surface area contributed by atoms with Crippen LogP contribution >= 0.6 is 0 Å². The van der Waals surface area contributed by atoms with Crippen LogP contribution in [0.3, 0.4) is 0 Å². The highest BCUT2D eigenvalue weighted by atomic mass is 16.5. The smallest absolute Gasteiger partial charge is 0.169 e. The molecule has 3 rings (SSSR count). The summed E-state index contributed by atoms with van der Waals surface area (Å²) in [5.41, 5.74) is 2.03. The summed E-state index contributed by atoms with van der Waals surface area (Å²) in [6.07, 6.45) is 0.556. The van der Waals surface area contributed by atoms with Gasteiger partial charge in [-0.2, -0.15) is 0 Å². The topological polar surface area (TPSA) is 55.8 Å². The summed E-state index contributed by atoms with van der Waals surface area (Å²) in [6.45, 7) is 2.58. The van der Waals surface area contributed by atoms with Crippen LogP contribution in [0.1, 0.15) is 36.5 Å². The molecule has 0 aliphatic carbocycles. The van der Waals surface area contributed by atoms with Crippen molar-refractivity contribution < 1.29 is 19.4 Å². The lowest BCUT2D eigenvalue weighted by molar-refractivity contribution is -0.156. The van der Waals surface area contributed by atoms with Gasteiger partial charge < -0.3 is 14.6 Å². The molecule has 0 aliphatic rings. The summed E-state index contributed by atoms with van der Waals surface area (Å²) in [7, 11) is 0. The number of hydrogen-bond acceptors (Lipinski definition) is 4. The highest BCUT2D eigenvalue weighted by Crippen LogP contribution is 2.21. The van der Waals surface area contributed by atoms with Crippen LogP contribution in [0.5, 0.6) is 0 Å². The normalized spacial score (nSPS) is 13.9.